The van der Waals surface area contributed by atoms with Crippen LogP contribution in [0.4, 0.5) is 0 Å². The van der Waals surface area contributed by atoms with E-state index in [2.05, 4.69) is 52.4 Å². The summed E-state index contributed by atoms with van der Waals surface area (Å²) in [4.78, 5) is 8.90. The molecule has 0 bridgehead atoms. The number of fused-ring (bicyclic) bond motifs is 7. The standard InChI is InChI=1S/C38H32NO.C17H20N.Ir/c1-5-25(6-2)28-17-18-29(23(3)20-28)34-21-35(39-22-24(34)4)33-13-9-12-31-32-19-16-27-15-14-26-10-7-8-11-30(26)36(27)38(32)40-37(31)33;1-13-5-8-15(9-6-13)16-10-7-14(12-18-16)11-17(2,3)4;/h7-12,14-22,25H,5-6H2,1-4H3;5-8,10,12H,11H2,1-4H3;/q2*-1;/i3D3,4D3,25D;1D3,11D2;. The van der Waals surface area contributed by atoms with Crippen molar-refractivity contribution < 1.29 is 41.0 Å². The first-order valence-corrected chi connectivity index (χ1v) is 19.6. The summed E-state index contributed by atoms with van der Waals surface area (Å²) < 4.78 is 104. The Morgan fingerprint density at radius 3 is 2.22 bits per heavy atom. The number of furan rings is 1. The van der Waals surface area contributed by atoms with Gasteiger partial charge in [-0.15, -0.1) is 53.6 Å². The van der Waals surface area contributed by atoms with Crippen molar-refractivity contribution in [2.24, 2.45) is 5.41 Å². The van der Waals surface area contributed by atoms with Gasteiger partial charge in [0, 0.05) is 59.7 Å². The van der Waals surface area contributed by atoms with Crippen molar-refractivity contribution in [2.75, 3.05) is 0 Å². The Balaban J connectivity index is 0.000000261. The molecule has 0 unspecified atom stereocenters. The summed E-state index contributed by atoms with van der Waals surface area (Å²) in [6.07, 6.45) is 2.36. The molecule has 9 aromatic rings. The molecule has 4 heteroatoms. The number of aryl methyl sites for hydroxylation is 3. The maximum absolute atomic E-state index is 8.94. The zero-order valence-electron chi connectivity index (χ0n) is 45.7. The molecule has 0 saturated heterocycles. The molecule has 0 N–H and O–H groups in total. The van der Waals surface area contributed by atoms with E-state index in [-0.39, 0.29) is 47.9 Å². The summed E-state index contributed by atoms with van der Waals surface area (Å²) in [6.45, 7) is 2.09. The van der Waals surface area contributed by atoms with Crippen LogP contribution in [0.5, 0.6) is 0 Å². The van der Waals surface area contributed by atoms with Crippen LogP contribution in [-0.2, 0) is 26.5 Å². The van der Waals surface area contributed by atoms with Crippen molar-refractivity contribution in [1.82, 2.24) is 9.97 Å². The van der Waals surface area contributed by atoms with Crippen LogP contribution in [0.15, 0.2) is 132 Å². The number of rotatable bonds is 7. The summed E-state index contributed by atoms with van der Waals surface area (Å²) in [5.74, 6) is -0.962. The number of hydrogen-bond acceptors (Lipinski definition) is 3. The van der Waals surface area contributed by atoms with Crippen molar-refractivity contribution in [3.8, 4) is 33.6 Å². The third-order valence-electron chi connectivity index (χ3n) is 10.4. The van der Waals surface area contributed by atoms with Gasteiger partial charge in [-0.2, -0.15) is 0 Å². The second-order valence-corrected chi connectivity index (χ2v) is 15.5. The van der Waals surface area contributed by atoms with Crippen LogP contribution in [0.25, 0.3) is 77.1 Å². The fourth-order valence-corrected chi connectivity index (χ4v) is 7.59. The van der Waals surface area contributed by atoms with Gasteiger partial charge in [-0.25, -0.2) is 0 Å². The van der Waals surface area contributed by atoms with E-state index in [0.29, 0.717) is 52.1 Å². The van der Waals surface area contributed by atoms with Gasteiger partial charge in [0.1, 0.15) is 5.58 Å². The van der Waals surface area contributed by atoms with Gasteiger partial charge in [0.15, 0.2) is 0 Å². The zero-order chi connectivity index (χ0) is 50.8. The molecule has 0 aliphatic heterocycles. The van der Waals surface area contributed by atoms with E-state index < -0.39 is 38.2 Å². The Labute approximate surface area is 380 Å². The summed E-state index contributed by atoms with van der Waals surface area (Å²) >= 11 is 0. The van der Waals surface area contributed by atoms with Crippen LogP contribution < -0.4 is 0 Å². The average Bonchev–Trinajstić information content (AvgIpc) is 3.71. The Kier molecular flexibility index (Phi) is 8.55. The number of nitrogens with zero attached hydrogens (tertiary/aromatic N) is 2. The fourth-order valence-electron chi connectivity index (χ4n) is 7.59. The minimum absolute atomic E-state index is 0. The predicted octanol–water partition coefficient (Wildman–Crippen LogP) is 15.4. The van der Waals surface area contributed by atoms with Crippen molar-refractivity contribution in [3.05, 3.63) is 168 Å². The Hall–Kier alpha value is -5.41. The Morgan fingerprint density at radius 2 is 1.49 bits per heavy atom. The van der Waals surface area contributed by atoms with E-state index in [1.807, 2.05) is 58.9 Å². The maximum atomic E-state index is 8.94. The van der Waals surface area contributed by atoms with Crippen molar-refractivity contribution in [2.45, 2.75) is 80.3 Å². The molecular weight excluding hydrogens is 897 g/mol. The molecule has 3 heterocycles. The SMILES string of the molecule is [2H]C([2H])([2H])c1c[c-]c(-c2ccc(C([2H])([2H])C(C)(C)C)cn2)cc1.[2H]C([2H])([2H])c1cnc(-c2[c-]ccc3c2oc2c3ccc3ccc4ccccc4c32)cc1-c1ccc(C([2H])(CC)CC)cc1C([2H])([2H])[2H].[Ir]. The van der Waals surface area contributed by atoms with Gasteiger partial charge in [-0.05, 0) is 105 Å². The van der Waals surface area contributed by atoms with Crippen LogP contribution in [0.1, 0.15) is 97.6 Å². The van der Waals surface area contributed by atoms with E-state index in [1.165, 1.54) is 18.5 Å². The molecule has 0 spiro atoms. The molecule has 1 radical (unpaired) electrons. The maximum Gasteiger partial charge on any atom is 0.129 e. The van der Waals surface area contributed by atoms with Crippen LogP contribution in [-0.4, -0.2) is 9.97 Å². The van der Waals surface area contributed by atoms with Gasteiger partial charge < -0.3 is 14.4 Å². The summed E-state index contributed by atoms with van der Waals surface area (Å²) in [5.41, 5.74) is 4.82. The van der Waals surface area contributed by atoms with Gasteiger partial charge in [0.25, 0.3) is 0 Å². The first-order valence-electron chi connectivity index (χ1n) is 25.6. The Bertz CT molecular complexity index is 3380. The Morgan fingerprint density at radius 1 is 0.712 bits per heavy atom. The first-order chi connectivity index (χ1) is 32.8. The molecule has 59 heavy (non-hydrogen) atoms. The van der Waals surface area contributed by atoms with Gasteiger partial charge in [0.2, 0.25) is 0 Å². The second kappa shape index (κ2) is 17.4. The summed E-state index contributed by atoms with van der Waals surface area (Å²) in [6, 6.07) is 41.1. The molecule has 0 aliphatic rings. The molecule has 0 amide bonds. The zero-order valence-corrected chi connectivity index (χ0v) is 36.1. The summed E-state index contributed by atoms with van der Waals surface area (Å²) in [5, 5.41) is 6.02. The van der Waals surface area contributed by atoms with E-state index in [0.717, 1.165) is 37.9 Å². The van der Waals surface area contributed by atoms with Gasteiger partial charge in [-0.1, -0.05) is 137 Å². The molecule has 299 valence electrons. The number of benzene rings is 6. The molecule has 3 nitrogen and oxygen atoms in total. The van der Waals surface area contributed by atoms with Gasteiger partial charge >= 0.3 is 0 Å². The van der Waals surface area contributed by atoms with E-state index >= 15 is 0 Å². The van der Waals surface area contributed by atoms with Crippen molar-refractivity contribution in [1.29, 1.82) is 0 Å². The smallest absolute Gasteiger partial charge is 0.129 e. The molecule has 0 fully saturated rings. The van der Waals surface area contributed by atoms with Crippen LogP contribution in [0.3, 0.4) is 0 Å². The number of pyridine rings is 2. The average molecular weight is 961 g/mol. The van der Waals surface area contributed by atoms with Gasteiger partial charge in [0.05, 0.1) is 5.58 Å². The van der Waals surface area contributed by atoms with E-state index in [1.54, 1.807) is 54.6 Å². The molecule has 0 saturated carbocycles. The number of aromatic nitrogens is 2. The fraction of sp³-hybridized carbons (Fsp3) is 0.236. The minimum Gasteiger partial charge on any atom is -0.500 e. The van der Waals surface area contributed by atoms with Gasteiger partial charge in [-0.3, -0.25) is 0 Å². The number of hydrogen-bond donors (Lipinski definition) is 0. The van der Waals surface area contributed by atoms with Crippen molar-refractivity contribution >= 4 is 43.5 Å². The molecule has 6 aromatic carbocycles. The first kappa shape index (κ1) is 28.9. The normalized spacial score (nSPS) is 15.7. The molecular formula is C55H52IrN2O-2. The molecule has 9 rings (SSSR count). The van der Waals surface area contributed by atoms with Crippen LogP contribution in [0.2, 0.25) is 0 Å². The van der Waals surface area contributed by atoms with E-state index in [4.69, 9.17) is 20.9 Å². The van der Waals surface area contributed by atoms with Crippen LogP contribution in [0, 0.1) is 38.1 Å². The second-order valence-electron chi connectivity index (χ2n) is 15.5. The largest absolute Gasteiger partial charge is 0.500 e. The third-order valence-corrected chi connectivity index (χ3v) is 10.4. The summed E-state index contributed by atoms with van der Waals surface area (Å²) in [7, 11) is 0. The topological polar surface area (TPSA) is 38.9 Å². The van der Waals surface area contributed by atoms with Crippen molar-refractivity contribution in [3.63, 3.8) is 0 Å². The monoisotopic (exact) mass is 961 g/mol. The minimum atomic E-state index is -2.56. The molecule has 0 atom stereocenters. The molecule has 0 aliphatic carbocycles. The van der Waals surface area contributed by atoms with E-state index in [9.17, 15) is 0 Å². The van der Waals surface area contributed by atoms with Crippen LogP contribution >= 0.6 is 0 Å². The third kappa shape index (κ3) is 8.67. The quantitative estimate of drug-likeness (QED) is 0.118. The predicted molar refractivity (Wildman–Crippen MR) is 245 cm³/mol. The molecule has 3 aromatic heterocycles.